The van der Waals surface area contributed by atoms with Crippen LogP contribution < -0.4 is 0 Å². The van der Waals surface area contributed by atoms with Gasteiger partial charge in [0.2, 0.25) is 0 Å². The highest BCUT2D eigenvalue weighted by Gasteiger charge is 2.30. The van der Waals surface area contributed by atoms with Gasteiger partial charge in [0.25, 0.3) is 0 Å². The van der Waals surface area contributed by atoms with E-state index in [9.17, 15) is 9.59 Å². The third-order valence-electron chi connectivity index (χ3n) is 3.15. The summed E-state index contributed by atoms with van der Waals surface area (Å²) < 4.78 is 10.0. The molecule has 0 radical (unpaired) electrons. The van der Waals surface area contributed by atoms with E-state index in [1.165, 1.54) is 13.2 Å². The lowest BCUT2D eigenvalue weighted by Gasteiger charge is -2.22. The van der Waals surface area contributed by atoms with Gasteiger partial charge in [-0.3, -0.25) is 4.79 Å². The Balaban J connectivity index is 2.82. The van der Waals surface area contributed by atoms with Crippen LogP contribution in [-0.2, 0) is 24.5 Å². The van der Waals surface area contributed by atoms with Crippen LogP contribution in [0.2, 0.25) is 0 Å². The van der Waals surface area contributed by atoms with E-state index in [2.05, 4.69) is 0 Å². The predicted octanol–water partition coefficient (Wildman–Crippen LogP) is 3.49. The lowest BCUT2D eigenvalue weighted by atomic mass is 9.84. The van der Waals surface area contributed by atoms with Gasteiger partial charge < -0.3 is 9.47 Å². The molecule has 0 N–H and O–H groups in total. The summed E-state index contributed by atoms with van der Waals surface area (Å²) in [5, 5.41) is 0. The van der Waals surface area contributed by atoms with Crippen LogP contribution in [0.4, 0.5) is 0 Å². The molecule has 0 aromatic heterocycles. The van der Waals surface area contributed by atoms with E-state index >= 15 is 0 Å². The van der Waals surface area contributed by atoms with E-state index in [0.29, 0.717) is 0 Å². The number of benzene rings is 1. The smallest absolute Gasteiger partial charge is 0.331 e. The Labute approximate surface area is 132 Å². The molecule has 1 aromatic carbocycles. The van der Waals surface area contributed by atoms with Crippen molar-refractivity contribution in [3.8, 4) is 0 Å². The second-order valence-corrected chi connectivity index (χ2v) is 6.61. The summed E-state index contributed by atoms with van der Waals surface area (Å²) in [6, 6.07) is 7.40. The Kier molecular flexibility index (Phi) is 5.53. The zero-order valence-electron chi connectivity index (χ0n) is 14.1. The molecule has 0 aliphatic heterocycles. The normalized spacial score (nSPS) is 12.3. The van der Waals surface area contributed by atoms with Gasteiger partial charge in [-0.2, -0.15) is 0 Å². The Hall–Kier alpha value is -2.10. The molecule has 120 valence electrons. The molecular weight excluding hydrogens is 280 g/mol. The van der Waals surface area contributed by atoms with Crippen molar-refractivity contribution in [3.05, 3.63) is 41.5 Å². The van der Waals surface area contributed by atoms with Gasteiger partial charge in [0, 0.05) is 6.08 Å². The lowest BCUT2D eigenvalue weighted by Crippen LogP contribution is -2.30. The molecule has 0 unspecified atom stereocenters. The Morgan fingerprint density at radius 1 is 1.00 bits per heavy atom. The quantitative estimate of drug-likeness (QED) is 0.631. The highest BCUT2D eigenvalue weighted by atomic mass is 16.6. The van der Waals surface area contributed by atoms with Gasteiger partial charge in [-0.15, -0.1) is 0 Å². The molecule has 0 aliphatic rings. The summed E-state index contributed by atoms with van der Waals surface area (Å²) in [4.78, 5) is 23.4. The maximum atomic E-state index is 11.8. The Morgan fingerprint density at radius 3 is 2.00 bits per heavy atom. The molecule has 1 aromatic rings. The SMILES string of the molecule is COC(=O)C(C)(C)c1ccc(/C=C/C(=O)OC(C)(C)C)cc1. The van der Waals surface area contributed by atoms with Crippen LogP contribution in [0.3, 0.4) is 0 Å². The summed E-state index contributed by atoms with van der Waals surface area (Å²) in [5.74, 6) is -0.670. The molecule has 22 heavy (non-hydrogen) atoms. The molecule has 0 saturated carbocycles. The molecule has 4 heteroatoms. The molecule has 4 nitrogen and oxygen atoms in total. The third-order valence-corrected chi connectivity index (χ3v) is 3.15. The summed E-state index contributed by atoms with van der Waals surface area (Å²) >= 11 is 0. The number of carbonyl (C=O) groups excluding carboxylic acids is 2. The minimum atomic E-state index is -0.706. The standard InChI is InChI=1S/C18H24O4/c1-17(2,3)22-15(19)12-9-13-7-10-14(11-8-13)18(4,5)16(20)21-6/h7-12H,1-6H3/b12-9+. The number of methoxy groups -OCH3 is 1. The summed E-state index contributed by atoms with van der Waals surface area (Å²) in [6.45, 7) is 9.09. The summed E-state index contributed by atoms with van der Waals surface area (Å²) in [7, 11) is 1.38. The monoisotopic (exact) mass is 304 g/mol. The van der Waals surface area contributed by atoms with Crippen molar-refractivity contribution < 1.29 is 19.1 Å². The topological polar surface area (TPSA) is 52.6 Å². The molecule has 0 spiro atoms. The maximum absolute atomic E-state index is 11.8. The van der Waals surface area contributed by atoms with Gasteiger partial charge in [0.1, 0.15) is 5.60 Å². The Morgan fingerprint density at radius 2 is 1.55 bits per heavy atom. The van der Waals surface area contributed by atoms with Crippen molar-refractivity contribution >= 4 is 18.0 Å². The molecule has 0 saturated heterocycles. The second kappa shape index (κ2) is 6.77. The first-order valence-electron chi connectivity index (χ1n) is 7.16. The molecule has 0 amide bonds. The van der Waals surface area contributed by atoms with E-state index in [1.807, 2.05) is 58.9 Å². The van der Waals surface area contributed by atoms with Crippen molar-refractivity contribution in [2.75, 3.05) is 7.11 Å². The number of hydrogen-bond acceptors (Lipinski definition) is 4. The Bertz CT molecular complexity index is 560. The predicted molar refractivity (Wildman–Crippen MR) is 86.4 cm³/mol. The van der Waals surface area contributed by atoms with Crippen molar-refractivity contribution in [3.63, 3.8) is 0 Å². The van der Waals surface area contributed by atoms with Gasteiger partial charge in [-0.1, -0.05) is 24.3 Å². The van der Waals surface area contributed by atoms with Crippen LogP contribution >= 0.6 is 0 Å². The average molecular weight is 304 g/mol. The number of ether oxygens (including phenoxy) is 2. The fourth-order valence-corrected chi connectivity index (χ4v) is 1.88. The van der Waals surface area contributed by atoms with Crippen LogP contribution in [-0.4, -0.2) is 24.6 Å². The van der Waals surface area contributed by atoms with Crippen LogP contribution in [0.25, 0.3) is 6.08 Å². The molecule has 0 heterocycles. The van der Waals surface area contributed by atoms with Gasteiger partial charge in [0.05, 0.1) is 12.5 Å². The third kappa shape index (κ3) is 5.02. The molecule has 0 atom stereocenters. The van der Waals surface area contributed by atoms with Crippen molar-refractivity contribution in [1.82, 2.24) is 0 Å². The van der Waals surface area contributed by atoms with E-state index in [0.717, 1.165) is 11.1 Å². The van der Waals surface area contributed by atoms with E-state index in [4.69, 9.17) is 9.47 Å². The van der Waals surface area contributed by atoms with Crippen LogP contribution in [0.15, 0.2) is 30.3 Å². The number of hydrogen-bond donors (Lipinski definition) is 0. The second-order valence-electron chi connectivity index (χ2n) is 6.61. The summed E-state index contributed by atoms with van der Waals surface area (Å²) in [5.41, 5.74) is 0.502. The molecule has 0 bridgehead atoms. The van der Waals surface area contributed by atoms with E-state index < -0.39 is 11.0 Å². The maximum Gasteiger partial charge on any atom is 0.331 e. The molecule has 0 fully saturated rings. The highest BCUT2D eigenvalue weighted by Crippen LogP contribution is 2.25. The first-order chi connectivity index (χ1) is 10.1. The zero-order valence-corrected chi connectivity index (χ0v) is 14.1. The first kappa shape index (κ1) is 18.0. The van der Waals surface area contributed by atoms with Gasteiger partial charge >= 0.3 is 11.9 Å². The fraction of sp³-hybridized carbons (Fsp3) is 0.444. The van der Waals surface area contributed by atoms with Crippen molar-refractivity contribution in [2.24, 2.45) is 0 Å². The van der Waals surface area contributed by atoms with Crippen molar-refractivity contribution in [1.29, 1.82) is 0 Å². The fourth-order valence-electron chi connectivity index (χ4n) is 1.88. The largest absolute Gasteiger partial charge is 0.468 e. The van der Waals surface area contributed by atoms with Gasteiger partial charge in [-0.05, 0) is 51.8 Å². The van der Waals surface area contributed by atoms with E-state index in [-0.39, 0.29) is 11.9 Å². The van der Waals surface area contributed by atoms with Crippen LogP contribution in [0.5, 0.6) is 0 Å². The van der Waals surface area contributed by atoms with Crippen molar-refractivity contribution in [2.45, 2.75) is 45.6 Å². The minimum Gasteiger partial charge on any atom is -0.468 e. The highest BCUT2D eigenvalue weighted by molar-refractivity contribution is 5.87. The van der Waals surface area contributed by atoms with Crippen LogP contribution in [0.1, 0.15) is 45.7 Å². The summed E-state index contributed by atoms with van der Waals surface area (Å²) in [6.07, 6.45) is 3.08. The van der Waals surface area contributed by atoms with Crippen LogP contribution in [0, 0.1) is 0 Å². The number of rotatable bonds is 4. The average Bonchev–Trinajstić information content (AvgIpc) is 2.42. The van der Waals surface area contributed by atoms with Gasteiger partial charge in [-0.25, -0.2) is 4.79 Å². The lowest BCUT2D eigenvalue weighted by molar-refractivity contribution is -0.148. The van der Waals surface area contributed by atoms with Gasteiger partial charge in [0.15, 0.2) is 0 Å². The molecule has 1 rings (SSSR count). The number of carbonyl (C=O) groups is 2. The zero-order chi connectivity index (χ0) is 17.0. The van der Waals surface area contributed by atoms with E-state index in [1.54, 1.807) is 6.08 Å². The minimum absolute atomic E-state index is 0.287. The number of esters is 2. The molecule has 0 aliphatic carbocycles. The first-order valence-corrected chi connectivity index (χ1v) is 7.16. The molecular formula is C18H24O4.